The number of hydrogen-bond donors (Lipinski definition) is 0. The summed E-state index contributed by atoms with van der Waals surface area (Å²) in [4.78, 5) is 0. The molecule has 0 heterocycles. The Morgan fingerprint density at radius 1 is 1.10 bits per heavy atom. The molecular weight excluding hydrogens is 160 g/mol. The van der Waals surface area contributed by atoms with Gasteiger partial charge in [0.15, 0.2) is 0 Å². The Kier molecular flexibility index (Phi) is 8.35. The highest BCUT2D eigenvalue weighted by Gasteiger charge is 2.02. The van der Waals surface area contributed by atoms with Crippen molar-refractivity contribution in [1.82, 2.24) is 0 Å². The number of rotatable bonds is 6. The average molecular weight is 178 g/mol. The van der Waals surface area contributed by atoms with Gasteiger partial charge in [-0.15, -0.1) is 0 Å². The summed E-state index contributed by atoms with van der Waals surface area (Å²) >= 11 is 3.97. The van der Waals surface area contributed by atoms with Crippen LogP contribution in [-0.4, -0.2) is 17.1 Å². The van der Waals surface area contributed by atoms with Crippen molar-refractivity contribution >= 4 is 23.5 Å². The third-order valence-corrected chi connectivity index (χ3v) is 4.25. The Labute approximate surface area is 73.5 Å². The van der Waals surface area contributed by atoms with E-state index in [0.717, 1.165) is 4.58 Å². The highest BCUT2D eigenvalue weighted by atomic mass is 32.2. The van der Waals surface area contributed by atoms with Gasteiger partial charge >= 0.3 is 0 Å². The Morgan fingerprint density at radius 2 is 1.70 bits per heavy atom. The fraction of sp³-hybridized carbons (Fsp3) is 1.00. The fourth-order valence-electron chi connectivity index (χ4n) is 0.893. The van der Waals surface area contributed by atoms with E-state index in [-0.39, 0.29) is 0 Å². The number of unbranched alkanes of at least 4 members (excludes halogenated alkanes) is 2. The molecule has 0 aliphatic heterocycles. The Bertz CT molecular complexity index is 60.3. The number of thioether (sulfide) groups is 2. The largest absolute Gasteiger partial charge is 0.151 e. The van der Waals surface area contributed by atoms with Gasteiger partial charge in [0, 0.05) is 4.58 Å². The summed E-state index contributed by atoms with van der Waals surface area (Å²) in [5.74, 6) is 0. The van der Waals surface area contributed by atoms with Crippen LogP contribution in [0.25, 0.3) is 0 Å². The van der Waals surface area contributed by atoms with Crippen LogP contribution < -0.4 is 0 Å². The van der Waals surface area contributed by atoms with Gasteiger partial charge in [-0.1, -0.05) is 26.2 Å². The highest BCUT2D eigenvalue weighted by molar-refractivity contribution is 8.16. The van der Waals surface area contributed by atoms with Crippen molar-refractivity contribution < 1.29 is 0 Å². The molecule has 0 spiro atoms. The molecule has 2 heteroatoms. The zero-order valence-corrected chi connectivity index (χ0v) is 8.86. The lowest BCUT2D eigenvalue weighted by molar-refractivity contribution is 0.697. The molecule has 0 atom stereocenters. The molecule has 0 fully saturated rings. The second kappa shape index (κ2) is 7.80. The molecule has 0 aliphatic carbocycles. The van der Waals surface area contributed by atoms with Crippen LogP contribution in [-0.2, 0) is 0 Å². The first-order chi connectivity index (χ1) is 4.85. The molecule has 0 saturated carbocycles. The highest BCUT2D eigenvalue weighted by Crippen LogP contribution is 2.24. The predicted molar refractivity (Wildman–Crippen MR) is 55.0 cm³/mol. The minimum atomic E-state index is 0.839. The Balaban J connectivity index is 3.09. The molecule has 0 radical (unpaired) electrons. The van der Waals surface area contributed by atoms with E-state index >= 15 is 0 Å². The molecule has 0 unspecified atom stereocenters. The zero-order valence-electron chi connectivity index (χ0n) is 7.22. The van der Waals surface area contributed by atoms with E-state index in [0.29, 0.717) is 0 Å². The fourth-order valence-corrected chi connectivity index (χ4v) is 2.47. The van der Waals surface area contributed by atoms with Gasteiger partial charge in [-0.25, -0.2) is 0 Å². The zero-order chi connectivity index (χ0) is 7.82. The van der Waals surface area contributed by atoms with E-state index in [1.807, 2.05) is 23.5 Å². The standard InChI is InChI=1S/C8H18S2/c1-4-5-6-7-8(9-2)10-3/h8H,4-7H2,1-3H3. The lowest BCUT2D eigenvalue weighted by Crippen LogP contribution is -1.93. The molecule has 0 rings (SSSR count). The van der Waals surface area contributed by atoms with Gasteiger partial charge in [-0.2, -0.15) is 23.5 Å². The lowest BCUT2D eigenvalue weighted by atomic mass is 10.2. The van der Waals surface area contributed by atoms with Gasteiger partial charge in [-0.3, -0.25) is 0 Å². The van der Waals surface area contributed by atoms with E-state index in [1.165, 1.54) is 25.7 Å². The Hall–Kier alpha value is 0.700. The van der Waals surface area contributed by atoms with Crippen LogP contribution in [0.1, 0.15) is 32.6 Å². The summed E-state index contributed by atoms with van der Waals surface area (Å²) in [6, 6.07) is 0. The van der Waals surface area contributed by atoms with Crippen LogP contribution in [0.15, 0.2) is 0 Å². The van der Waals surface area contributed by atoms with Gasteiger partial charge in [0.1, 0.15) is 0 Å². The first-order valence-corrected chi connectivity index (χ1v) is 6.48. The van der Waals surface area contributed by atoms with Crippen LogP contribution in [0.2, 0.25) is 0 Å². The van der Waals surface area contributed by atoms with Gasteiger partial charge in [0.05, 0.1) is 0 Å². The molecule has 62 valence electrons. The van der Waals surface area contributed by atoms with E-state index in [4.69, 9.17) is 0 Å². The van der Waals surface area contributed by atoms with Crippen molar-refractivity contribution in [1.29, 1.82) is 0 Å². The third-order valence-electron chi connectivity index (χ3n) is 1.57. The lowest BCUT2D eigenvalue weighted by Gasteiger charge is -2.09. The Morgan fingerprint density at radius 3 is 2.10 bits per heavy atom. The maximum absolute atomic E-state index is 2.26. The van der Waals surface area contributed by atoms with Crippen molar-refractivity contribution in [2.24, 2.45) is 0 Å². The third kappa shape index (κ3) is 5.48. The first kappa shape index (κ1) is 10.7. The summed E-state index contributed by atoms with van der Waals surface area (Å²) in [5.41, 5.74) is 0. The van der Waals surface area contributed by atoms with Gasteiger partial charge in [-0.05, 0) is 18.9 Å². The monoisotopic (exact) mass is 178 g/mol. The van der Waals surface area contributed by atoms with E-state index < -0.39 is 0 Å². The molecule has 0 aromatic carbocycles. The smallest absolute Gasteiger partial charge is 0.0496 e. The number of hydrogen-bond acceptors (Lipinski definition) is 2. The van der Waals surface area contributed by atoms with Crippen molar-refractivity contribution in [2.75, 3.05) is 12.5 Å². The minimum absolute atomic E-state index is 0.839. The molecule has 0 nitrogen and oxygen atoms in total. The summed E-state index contributed by atoms with van der Waals surface area (Å²) in [5, 5.41) is 0. The van der Waals surface area contributed by atoms with E-state index in [2.05, 4.69) is 19.4 Å². The molecule has 0 N–H and O–H groups in total. The molecule has 0 bridgehead atoms. The summed E-state index contributed by atoms with van der Waals surface area (Å²) < 4.78 is 0.839. The second-order valence-electron chi connectivity index (χ2n) is 2.40. The topological polar surface area (TPSA) is 0 Å². The van der Waals surface area contributed by atoms with Crippen molar-refractivity contribution in [2.45, 2.75) is 37.2 Å². The van der Waals surface area contributed by atoms with Crippen molar-refractivity contribution in [3.8, 4) is 0 Å². The van der Waals surface area contributed by atoms with Crippen LogP contribution in [0.3, 0.4) is 0 Å². The van der Waals surface area contributed by atoms with Crippen LogP contribution >= 0.6 is 23.5 Å². The molecule has 0 amide bonds. The molecule has 0 saturated heterocycles. The maximum Gasteiger partial charge on any atom is 0.0496 e. The van der Waals surface area contributed by atoms with Crippen LogP contribution in [0, 0.1) is 0 Å². The molecule has 0 aromatic rings. The van der Waals surface area contributed by atoms with E-state index in [9.17, 15) is 0 Å². The van der Waals surface area contributed by atoms with Gasteiger partial charge < -0.3 is 0 Å². The van der Waals surface area contributed by atoms with Crippen LogP contribution in [0.4, 0.5) is 0 Å². The van der Waals surface area contributed by atoms with Gasteiger partial charge in [0.2, 0.25) is 0 Å². The van der Waals surface area contributed by atoms with Crippen LogP contribution in [0.5, 0.6) is 0 Å². The van der Waals surface area contributed by atoms with Crippen molar-refractivity contribution in [3.05, 3.63) is 0 Å². The average Bonchev–Trinajstić information content (AvgIpc) is 1.99. The van der Waals surface area contributed by atoms with Crippen molar-refractivity contribution in [3.63, 3.8) is 0 Å². The van der Waals surface area contributed by atoms with E-state index in [1.54, 1.807) is 0 Å². The molecular formula is C8H18S2. The minimum Gasteiger partial charge on any atom is -0.151 e. The molecule has 0 aliphatic rings. The SMILES string of the molecule is CCCCCC(SC)SC. The predicted octanol–water partition coefficient (Wildman–Crippen LogP) is 3.62. The normalized spacial score (nSPS) is 10.8. The first-order valence-electron chi connectivity index (χ1n) is 3.90. The summed E-state index contributed by atoms with van der Waals surface area (Å²) in [6.45, 7) is 2.26. The summed E-state index contributed by atoms with van der Waals surface area (Å²) in [6.07, 6.45) is 9.94. The van der Waals surface area contributed by atoms with Gasteiger partial charge in [0.25, 0.3) is 0 Å². The maximum atomic E-state index is 2.26. The summed E-state index contributed by atoms with van der Waals surface area (Å²) in [7, 11) is 0. The molecule has 0 aromatic heterocycles. The second-order valence-corrected chi connectivity index (χ2v) is 4.78. The quantitative estimate of drug-likeness (QED) is 0.450. The molecule has 10 heavy (non-hydrogen) atoms.